The minimum atomic E-state index is -4.91. The molecule has 4 aromatic rings. The van der Waals surface area contributed by atoms with Gasteiger partial charge in [0.2, 0.25) is 0 Å². The minimum absolute atomic E-state index is 0.318. The fourth-order valence-corrected chi connectivity index (χ4v) is 3.11. The van der Waals surface area contributed by atoms with Gasteiger partial charge < -0.3 is 10.6 Å². The number of fused-ring (bicyclic) bond motifs is 1. The number of hydrogen-bond donors (Lipinski definition) is 2. The number of rotatable bonds is 4. The molecule has 2 N–H and O–H groups in total. The van der Waals surface area contributed by atoms with Crippen molar-refractivity contribution in [3.8, 4) is 0 Å². The number of carbonyl (C=O) groups is 1. The van der Waals surface area contributed by atoms with E-state index in [9.17, 15) is 22.4 Å². The third kappa shape index (κ3) is 4.09. The molecule has 11 heteroatoms. The lowest BCUT2D eigenvalue weighted by molar-refractivity contribution is -0.140. The van der Waals surface area contributed by atoms with E-state index in [0.29, 0.717) is 40.4 Å². The van der Waals surface area contributed by atoms with Gasteiger partial charge in [-0.2, -0.15) is 18.3 Å². The van der Waals surface area contributed by atoms with Gasteiger partial charge in [0.15, 0.2) is 5.65 Å². The standard InChI is InChI=1S/C21H16F4N6O/c1-11-3-5-13(29-20(32)12-4-6-16(22)15(7-12)21(23,24)25)8-17(11)30-18-14-9-28-31(2)19(14)27-10-26-18/h3-10H,1-2H3,(H,29,32)(H,26,27,30). The van der Waals surface area contributed by atoms with Crippen molar-refractivity contribution < 1.29 is 22.4 Å². The van der Waals surface area contributed by atoms with E-state index in [0.717, 1.165) is 11.6 Å². The monoisotopic (exact) mass is 444 g/mol. The van der Waals surface area contributed by atoms with E-state index in [1.54, 1.807) is 36.1 Å². The second-order valence-corrected chi connectivity index (χ2v) is 7.03. The Bertz CT molecular complexity index is 1330. The van der Waals surface area contributed by atoms with E-state index in [-0.39, 0.29) is 5.56 Å². The maximum absolute atomic E-state index is 13.5. The number of amides is 1. The van der Waals surface area contributed by atoms with E-state index < -0.39 is 23.5 Å². The van der Waals surface area contributed by atoms with Crippen LogP contribution in [-0.2, 0) is 13.2 Å². The Balaban J connectivity index is 1.60. The van der Waals surface area contributed by atoms with Gasteiger partial charge in [-0.3, -0.25) is 9.48 Å². The van der Waals surface area contributed by atoms with Gasteiger partial charge in [0.1, 0.15) is 18.0 Å². The minimum Gasteiger partial charge on any atom is -0.339 e. The molecule has 2 aromatic carbocycles. The first kappa shape index (κ1) is 21.2. The number of anilines is 3. The van der Waals surface area contributed by atoms with Crippen LogP contribution in [0.3, 0.4) is 0 Å². The van der Waals surface area contributed by atoms with Crippen LogP contribution in [0.25, 0.3) is 11.0 Å². The molecule has 164 valence electrons. The van der Waals surface area contributed by atoms with Crippen LogP contribution in [0.1, 0.15) is 21.5 Å². The fraction of sp³-hybridized carbons (Fsp3) is 0.143. The Hall–Kier alpha value is -4.02. The second-order valence-electron chi connectivity index (χ2n) is 7.03. The van der Waals surface area contributed by atoms with E-state index in [2.05, 4.69) is 25.7 Å². The van der Waals surface area contributed by atoms with Crippen molar-refractivity contribution in [1.82, 2.24) is 19.7 Å². The Morgan fingerprint density at radius 3 is 2.62 bits per heavy atom. The molecule has 0 radical (unpaired) electrons. The number of halogens is 4. The van der Waals surface area contributed by atoms with Crippen LogP contribution in [0.5, 0.6) is 0 Å². The molecule has 0 atom stereocenters. The van der Waals surface area contributed by atoms with Crippen molar-refractivity contribution in [3.05, 3.63) is 71.4 Å². The smallest absolute Gasteiger partial charge is 0.339 e. The molecule has 0 saturated heterocycles. The highest BCUT2D eigenvalue weighted by Gasteiger charge is 2.34. The molecule has 2 aromatic heterocycles. The molecule has 0 saturated carbocycles. The van der Waals surface area contributed by atoms with Gasteiger partial charge in [-0.1, -0.05) is 6.07 Å². The molecule has 1 amide bonds. The summed E-state index contributed by atoms with van der Waals surface area (Å²) < 4.78 is 53.9. The van der Waals surface area contributed by atoms with Crippen LogP contribution in [0, 0.1) is 12.7 Å². The van der Waals surface area contributed by atoms with Crippen LogP contribution in [0.15, 0.2) is 48.9 Å². The highest BCUT2D eigenvalue weighted by Crippen LogP contribution is 2.32. The first-order chi connectivity index (χ1) is 15.1. The maximum Gasteiger partial charge on any atom is 0.419 e. The fourth-order valence-electron chi connectivity index (χ4n) is 3.11. The van der Waals surface area contributed by atoms with Gasteiger partial charge in [-0.15, -0.1) is 0 Å². The van der Waals surface area contributed by atoms with Gasteiger partial charge in [0.05, 0.1) is 17.1 Å². The third-order valence-corrected chi connectivity index (χ3v) is 4.81. The van der Waals surface area contributed by atoms with Crippen LogP contribution < -0.4 is 10.6 Å². The number of nitrogens with one attached hydrogen (secondary N) is 2. The van der Waals surface area contributed by atoms with Crippen molar-refractivity contribution in [3.63, 3.8) is 0 Å². The SMILES string of the molecule is Cc1ccc(NC(=O)c2ccc(F)c(C(F)(F)F)c2)cc1Nc1ncnc2c1cnn2C. The van der Waals surface area contributed by atoms with Crippen LogP contribution in [0.4, 0.5) is 34.8 Å². The predicted octanol–water partition coefficient (Wildman–Crippen LogP) is 4.83. The number of nitrogens with zero attached hydrogens (tertiary/aromatic N) is 4. The van der Waals surface area contributed by atoms with Crippen molar-refractivity contribution >= 4 is 34.1 Å². The normalized spacial score (nSPS) is 11.6. The lowest BCUT2D eigenvalue weighted by Crippen LogP contribution is -2.15. The second kappa shape index (κ2) is 7.91. The molecule has 0 aliphatic heterocycles. The summed E-state index contributed by atoms with van der Waals surface area (Å²) in [6.07, 6.45) is -1.90. The van der Waals surface area contributed by atoms with E-state index >= 15 is 0 Å². The van der Waals surface area contributed by atoms with Gasteiger partial charge in [-0.05, 0) is 42.8 Å². The number of benzene rings is 2. The number of aryl methyl sites for hydroxylation is 2. The number of aromatic nitrogens is 4. The molecule has 0 spiro atoms. The number of hydrogen-bond acceptors (Lipinski definition) is 5. The van der Waals surface area contributed by atoms with E-state index in [1.165, 1.54) is 6.33 Å². The van der Waals surface area contributed by atoms with Crippen molar-refractivity contribution in [1.29, 1.82) is 0 Å². The topological polar surface area (TPSA) is 84.7 Å². The maximum atomic E-state index is 13.5. The lowest BCUT2D eigenvalue weighted by atomic mass is 10.1. The number of alkyl halides is 3. The summed E-state index contributed by atoms with van der Waals surface area (Å²) >= 11 is 0. The van der Waals surface area contributed by atoms with Gasteiger partial charge >= 0.3 is 6.18 Å². The summed E-state index contributed by atoms with van der Waals surface area (Å²) in [6.45, 7) is 1.84. The molecule has 7 nitrogen and oxygen atoms in total. The van der Waals surface area contributed by atoms with Crippen LogP contribution >= 0.6 is 0 Å². The van der Waals surface area contributed by atoms with Gasteiger partial charge in [0, 0.05) is 24.0 Å². The Morgan fingerprint density at radius 2 is 1.88 bits per heavy atom. The highest BCUT2D eigenvalue weighted by atomic mass is 19.4. The summed E-state index contributed by atoms with van der Waals surface area (Å²) in [7, 11) is 1.75. The molecule has 2 heterocycles. The summed E-state index contributed by atoms with van der Waals surface area (Å²) in [4.78, 5) is 20.9. The molecular weight excluding hydrogens is 428 g/mol. The summed E-state index contributed by atoms with van der Waals surface area (Å²) in [5.74, 6) is -1.74. The first-order valence-electron chi connectivity index (χ1n) is 9.32. The molecule has 0 aliphatic rings. The zero-order chi connectivity index (χ0) is 23.0. The summed E-state index contributed by atoms with van der Waals surface area (Å²) in [5.41, 5.74) is 0.586. The van der Waals surface area contributed by atoms with Crippen LogP contribution in [0.2, 0.25) is 0 Å². The molecule has 0 bridgehead atoms. The summed E-state index contributed by atoms with van der Waals surface area (Å²) in [6, 6.07) is 7.04. The first-order valence-corrected chi connectivity index (χ1v) is 9.32. The zero-order valence-corrected chi connectivity index (χ0v) is 16.8. The Morgan fingerprint density at radius 1 is 1.09 bits per heavy atom. The number of carbonyl (C=O) groups excluding carboxylic acids is 1. The van der Waals surface area contributed by atoms with Gasteiger partial charge in [0.25, 0.3) is 5.91 Å². The molecule has 32 heavy (non-hydrogen) atoms. The average molecular weight is 444 g/mol. The largest absolute Gasteiger partial charge is 0.419 e. The van der Waals surface area contributed by atoms with Crippen molar-refractivity contribution in [2.24, 2.45) is 7.05 Å². The van der Waals surface area contributed by atoms with E-state index in [4.69, 9.17) is 0 Å². The molecule has 0 fully saturated rings. The predicted molar refractivity (Wildman–Crippen MR) is 110 cm³/mol. The van der Waals surface area contributed by atoms with Crippen molar-refractivity contribution in [2.45, 2.75) is 13.1 Å². The van der Waals surface area contributed by atoms with Gasteiger partial charge in [-0.25, -0.2) is 14.4 Å². The average Bonchev–Trinajstić information content (AvgIpc) is 3.12. The highest BCUT2D eigenvalue weighted by molar-refractivity contribution is 6.04. The Labute approximate surface area is 179 Å². The third-order valence-electron chi connectivity index (χ3n) is 4.81. The zero-order valence-electron chi connectivity index (χ0n) is 16.8. The molecule has 0 unspecified atom stereocenters. The quantitative estimate of drug-likeness (QED) is 0.441. The van der Waals surface area contributed by atoms with Crippen molar-refractivity contribution in [2.75, 3.05) is 10.6 Å². The lowest BCUT2D eigenvalue weighted by Gasteiger charge is -2.13. The molecule has 0 aliphatic carbocycles. The van der Waals surface area contributed by atoms with Crippen LogP contribution in [-0.4, -0.2) is 25.7 Å². The van der Waals surface area contributed by atoms with E-state index in [1.807, 2.05) is 6.92 Å². The molecular formula is C21H16F4N6O. The summed E-state index contributed by atoms with van der Waals surface area (Å²) in [5, 5.41) is 10.5. The molecule has 4 rings (SSSR count). The Kier molecular flexibility index (Phi) is 5.25.